The summed E-state index contributed by atoms with van der Waals surface area (Å²) in [6, 6.07) is 2.01. The Morgan fingerprint density at radius 3 is 2.23 bits per heavy atom. The minimum absolute atomic E-state index is 0.0748. The third-order valence-electron chi connectivity index (χ3n) is 3.59. The quantitative estimate of drug-likeness (QED) is 0.639. The molecule has 1 unspecified atom stereocenters. The molecule has 0 aliphatic heterocycles. The van der Waals surface area contributed by atoms with Crippen molar-refractivity contribution < 1.29 is 29.0 Å². The van der Waals surface area contributed by atoms with Crippen molar-refractivity contribution in [3.8, 4) is 11.4 Å². The maximum atomic E-state index is 12.7. The van der Waals surface area contributed by atoms with Gasteiger partial charge in [-0.15, -0.1) is 11.3 Å². The first-order valence-corrected chi connectivity index (χ1v) is 10.5. The lowest BCUT2D eigenvalue weighted by molar-refractivity contribution is -0.157. The molecule has 2 rings (SSSR count). The Balaban J connectivity index is 2.18. The second-order valence-corrected chi connectivity index (χ2v) is 9.74. The number of carbonyl (C=O) groups is 3. The lowest BCUT2D eigenvalue weighted by Crippen LogP contribution is -2.47. The fourth-order valence-electron chi connectivity index (χ4n) is 2.38. The maximum Gasteiger partial charge on any atom is 0.408 e. The van der Waals surface area contributed by atoms with Crippen LogP contribution in [0.2, 0.25) is 0 Å². The van der Waals surface area contributed by atoms with Crippen molar-refractivity contribution >= 4 is 29.4 Å². The number of pyridine rings is 1. The van der Waals surface area contributed by atoms with Crippen LogP contribution in [0, 0.1) is 0 Å². The molecule has 168 valence electrons. The average Bonchev–Trinajstić information content (AvgIpc) is 3.06. The van der Waals surface area contributed by atoms with E-state index in [9.17, 15) is 14.4 Å². The van der Waals surface area contributed by atoms with Crippen LogP contribution in [0.1, 0.15) is 56.9 Å². The fraction of sp³-hybridized carbons (Fsp3) is 0.476. The highest BCUT2D eigenvalue weighted by Gasteiger charge is 2.29. The number of aromatic nitrogens is 2. The molecule has 0 aliphatic carbocycles. The Morgan fingerprint density at radius 2 is 1.71 bits per heavy atom. The number of rotatable bonds is 6. The molecule has 0 bridgehead atoms. The maximum absolute atomic E-state index is 12.7. The van der Waals surface area contributed by atoms with Crippen molar-refractivity contribution in [2.45, 2.75) is 65.2 Å². The lowest BCUT2D eigenvalue weighted by Gasteiger charge is -2.26. The highest BCUT2D eigenvalue weighted by Crippen LogP contribution is 2.22. The minimum Gasteiger partial charge on any atom is -0.478 e. The number of carbonyl (C=O) groups excluding carboxylic acids is 2. The number of hydrogen-bond acceptors (Lipinski definition) is 8. The molecule has 2 N–H and O–H groups in total. The molecule has 0 spiro atoms. The van der Waals surface area contributed by atoms with E-state index in [0.29, 0.717) is 16.4 Å². The van der Waals surface area contributed by atoms with Gasteiger partial charge in [-0.1, -0.05) is 0 Å². The van der Waals surface area contributed by atoms with Gasteiger partial charge in [-0.3, -0.25) is 4.98 Å². The van der Waals surface area contributed by atoms with Crippen LogP contribution < -0.4 is 5.32 Å². The molecule has 0 radical (unpaired) electrons. The second kappa shape index (κ2) is 9.42. The molecule has 0 aromatic carbocycles. The largest absolute Gasteiger partial charge is 0.478 e. The van der Waals surface area contributed by atoms with Crippen molar-refractivity contribution in [1.29, 1.82) is 0 Å². The van der Waals surface area contributed by atoms with Crippen LogP contribution in [0.25, 0.3) is 11.4 Å². The normalized spacial score (nSPS) is 12.7. The minimum atomic E-state index is -1.06. The van der Waals surface area contributed by atoms with Crippen LogP contribution in [0.5, 0.6) is 0 Å². The van der Waals surface area contributed by atoms with Gasteiger partial charge in [0.1, 0.15) is 17.2 Å². The van der Waals surface area contributed by atoms with Crippen LogP contribution in [-0.2, 0) is 20.7 Å². The highest BCUT2D eigenvalue weighted by atomic mass is 32.1. The standard InChI is InChI=1S/C21H27N3O6S/c1-20(2,3)29-18(27)14(24-19(28)30-21(4,5)6)9-16-23-15(11-31-16)13-8-7-12(10-22-13)17(25)26/h7-8,10-11,14H,9H2,1-6H3,(H,24,28)(H,25,26). The van der Waals surface area contributed by atoms with E-state index in [1.807, 2.05) is 0 Å². The van der Waals surface area contributed by atoms with Crippen LogP contribution >= 0.6 is 11.3 Å². The number of carboxylic acids is 1. The van der Waals surface area contributed by atoms with Gasteiger partial charge in [-0.05, 0) is 53.7 Å². The summed E-state index contributed by atoms with van der Waals surface area (Å²) in [6.07, 6.45) is 0.627. The van der Waals surface area contributed by atoms with Crippen LogP contribution in [0.4, 0.5) is 4.79 Å². The molecule has 9 nitrogen and oxygen atoms in total. The van der Waals surface area contributed by atoms with E-state index in [1.54, 1.807) is 53.0 Å². The summed E-state index contributed by atoms with van der Waals surface area (Å²) in [5.74, 6) is -1.66. The van der Waals surface area contributed by atoms with Crippen LogP contribution in [0.3, 0.4) is 0 Å². The molecule has 2 aromatic rings. The van der Waals surface area contributed by atoms with Gasteiger partial charge in [-0.25, -0.2) is 19.4 Å². The molecular weight excluding hydrogens is 422 g/mol. The second-order valence-electron chi connectivity index (χ2n) is 8.80. The van der Waals surface area contributed by atoms with Gasteiger partial charge >= 0.3 is 18.0 Å². The van der Waals surface area contributed by atoms with E-state index >= 15 is 0 Å². The Hall–Kier alpha value is -3.01. The number of alkyl carbamates (subject to hydrolysis) is 1. The van der Waals surface area contributed by atoms with Crippen LogP contribution in [-0.4, -0.2) is 50.4 Å². The van der Waals surface area contributed by atoms with Gasteiger partial charge in [-0.2, -0.15) is 0 Å². The number of hydrogen-bond donors (Lipinski definition) is 2. The van der Waals surface area contributed by atoms with E-state index in [1.165, 1.54) is 23.6 Å². The van der Waals surface area contributed by atoms with Gasteiger partial charge in [0.15, 0.2) is 0 Å². The summed E-state index contributed by atoms with van der Waals surface area (Å²) in [7, 11) is 0. The van der Waals surface area contributed by atoms with Gasteiger partial charge in [0.05, 0.1) is 22.0 Å². The Kier molecular flexibility index (Phi) is 7.37. The molecular formula is C21H27N3O6S. The summed E-state index contributed by atoms with van der Waals surface area (Å²) < 4.78 is 10.7. The van der Waals surface area contributed by atoms with Crippen molar-refractivity contribution in [3.05, 3.63) is 34.3 Å². The van der Waals surface area contributed by atoms with Gasteiger partial charge in [0.25, 0.3) is 0 Å². The smallest absolute Gasteiger partial charge is 0.408 e. The number of ether oxygens (including phenoxy) is 2. The van der Waals surface area contributed by atoms with Gasteiger partial charge < -0.3 is 19.9 Å². The Morgan fingerprint density at radius 1 is 1.06 bits per heavy atom. The zero-order valence-electron chi connectivity index (χ0n) is 18.4. The topological polar surface area (TPSA) is 128 Å². The summed E-state index contributed by atoms with van der Waals surface area (Å²) in [6.45, 7) is 10.4. The van der Waals surface area contributed by atoms with Crippen molar-refractivity contribution in [2.75, 3.05) is 0 Å². The third kappa shape index (κ3) is 7.97. The monoisotopic (exact) mass is 449 g/mol. The Bertz CT molecular complexity index is 941. The zero-order chi connectivity index (χ0) is 23.4. The molecule has 0 saturated carbocycles. The van der Waals surface area contributed by atoms with Gasteiger partial charge in [0.2, 0.25) is 0 Å². The summed E-state index contributed by atoms with van der Waals surface area (Å²) in [5.41, 5.74) is -0.330. The third-order valence-corrected chi connectivity index (χ3v) is 4.46. The number of carboxylic acid groups (broad SMARTS) is 1. The number of aromatic carboxylic acids is 1. The van der Waals surface area contributed by atoms with Crippen molar-refractivity contribution in [3.63, 3.8) is 0 Å². The van der Waals surface area contributed by atoms with Gasteiger partial charge in [0, 0.05) is 18.0 Å². The number of amides is 1. The zero-order valence-corrected chi connectivity index (χ0v) is 19.2. The Labute approximate surface area is 184 Å². The van der Waals surface area contributed by atoms with Crippen molar-refractivity contribution in [2.24, 2.45) is 0 Å². The summed E-state index contributed by atoms with van der Waals surface area (Å²) in [5, 5.41) is 13.9. The predicted octanol–water partition coefficient (Wildman–Crippen LogP) is 3.68. The molecule has 0 fully saturated rings. The molecule has 2 aromatic heterocycles. The fourth-order valence-corrected chi connectivity index (χ4v) is 3.22. The van der Waals surface area contributed by atoms with E-state index in [0.717, 1.165) is 0 Å². The van der Waals surface area contributed by atoms with Crippen molar-refractivity contribution in [1.82, 2.24) is 15.3 Å². The predicted molar refractivity (Wildman–Crippen MR) is 115 cm³/mol. The first-order chi connectivity index (χ1) is 14.2. The van der Waals surface area contributed by atoms with Crippen LogP contribution in [0.15, 0.2) is 23.7 Å². The first kappa shape index (κ1) is 24.3. The molecule has 0 aliphatic rings. The van der Waals surface area contributed by atoms with E-state index in [2.05, 4.69) is 15.3 Å². The van der Waals surface area contributed by atoms with E-state index in [4.69, 9.17) is 14.6 Å². The number of thiazole rings is 1. The summed E-state index contributed by atoms with van der Waals surface area (Å²) in [4.78, 5) is 44.4. The van der Waals surface area contributed by atoms with E-state index in [-0.39, 0.29) is 12.0 Å². The SMILES string of the molecule is CC(C)(C)OC(=O)NC(Cc1nc(-c2ccc(C(=O)O)cn2)cs1)C(=O)OC(C)(C)C. The molecule has 0 saturated heterocycles. The number of nitrogens with one attached hydrogen (secondary N) is 1. The molecule has 2 heterocycles. The number of esters is 1. The molecule has 31 heavy (non-hydrogen) atoms. The number of nitrogens with zero attached hydrogens (tertiary/aromatic N) is 2. The highest BCUT2D eigenvalue weighted by molar-refractivity contribution is 7.10. The first-order valence-electron chi connectivity index (χ1n) is 9.60. The molecule has 1 amide bonds. The lowest BCUT2D eigenvalue weighted by atomic mass is 10.1. The average molecular weight is 450 g/mol. The molecule has 10 heteroatoms. The van der Waals surface area contributed by atoms with E-state index < -0.39 is 35.3 Å². The molecule has 1 atom stereocenters. The summed E-state index contributed by atoms with van der Waals surface area (Å²) >= 11 is 1.29.